The van der Waals surface area contributed by atoms with Crippen LogP contribution < -0.4 is 17.0 Å². The van der Waals surface area contributed by atoms with Crippen molar-refractivity contribution in [2.75, 3.05) is 0 Å². The van der Waals surface area contributed by atoms with E-state index in [9.17, 15) is 22.8 Å². The standard InChI is InChI=1S/C9H8F3N5O3/c10-9(11,12)3-17-2-4(7(18)15-8(17)19)6-14-5(1-13)20-16-6/h2H,1,3,13H2,(H,15,18,19). The summed E-state index contributed by atoms with van der Waals surface area (Å²) in [6, 6.07) is 0. The van der Waals surface area contributed by atoms with Crippen LogP contribution in [0.1, 0.15) is 5.89 Å². The highest BCUT2D eigenvalue weighted by molar-refractivity contribution is 5.50. The smallest absolute Gasteiger partial charge is 0.338 e. The zero-order chi connectivity index (χ0) is 14.9. The van der Waals surface area contributed by atoms with Gasteiger partial charge in [0, 0.05) is 6.20 Å². The number of alkyl halides is 3. The first kappa shape index (κ1) is 14.0. The average Bonchev–Trinajstić information content (AvgIpc) is 2.79. The van der Waals surface area contributed by atoms with Crippen LogP contribution in [-0.4, -0.2) is 25.9 Å². The molecule has 2 rings (SSSR count). The molecule has 0 atom stereocenters. The lowest BCUT2D eigenvalue weighted by atomic mass is 10.3. The predicted molar refractivity (Wildman–Crippen MR) is 58.6 cm³/mol. The summed E-state index contributed by atoms with van der Waals surface area (Å²) in [5.74, 6) is -0.240. The van der Waals surface area contributed by atoms with Crippen molar-refractivity contribution in [3.63, 3.8) is 0 Å². The largest absolute Gasteiger partial charge is 0.406 e. The van der Waals surface area contributed by atoms with Gasteiger partial charge in [0.2, 0.25) is 11.7 Å². The minimum absolute atomic E-state index is 0.00738. The van der Waals surface area contributed by atoms with E-state index in [0.717, 1.165) is 6.20 Å². The second-order valence-corrected chi connectivity index (χ2v) is 3.76. The van der Waals surface area contributed by atoms with Crippen LogP contribution in [0.2, 0.25) is 0 Å². The van der Waals surface area contributed by atoms with Crippen LogP contribution in [0.25, 0.3) is 11.4 Å². The summed E-state index contributed by atoms with van der Waals surface area (Å²) in [6.07, 6.45) is -3.89. The number of nitrogens with two attached hydrogens (primary N) is 1. The van der Waals surface area contributed by atoms with Gasteiger partial charge >= 0.3 is 11.9 Å². The van der Waals surface area contributed by atoms with Gasteiger partial charge in [0.1, 0.15) is 12.1 Å². The number of aromatic nitrogens is 4. The third-order valence-corrected chi connectivity index (χ3v) is 2.24. The molecule has 2 heterocycles. The second kappa shape index (κ2) is 4.92. The Balaban J connectivity index is 2.51. The molecule has 0 amide bonds. The van der Waals surface area contributed by atoms with E-state index in [0.29, 0.717) is 4.57 Å². The van der Waals surface area contributed by atoms with Crippen molar-refractivity contribution in [2.45, 2.75) is 19.3 Å². The van der Waals surface area contributed by atoms with Crippen LogP contribution in [0.3, 0.4) is 0 Å². The molecule has 0 spiro atoms. The molecule has 2 aromatic rings. The molecule has 3 N–H and O–H groups in total. The average molecular weight is 291 g/mol. The molecule has 20 heavy (non-hydrogen) atoms. The lowest BCUT2D eigenvalue weighted by molar-refractivity contribution is -0.141. The Kier molecular flexibility index (Phi) is 3.44. The molecule has 0 saturated carbocycles. The van der Waals surface area contributed by atoms with E-state index in [1.165, 1.54) is 0 Å². The van der Waals surface area contributed by atoms with Crippen molar-refractivity contribution in [2.24, 2.45) is 5.73 Å². The fourth-order valence-corrected chi connectivity index (χ4v) is 1.43. The molecule has 0 aromatic carbocycles. The number of halogens is 3. The number of nitrogens with one attached hydrogen (secondary N) is 1. The molecule has 2 aromatic heterocycles. The van der Waals surface area contributed by atoms with Gasteiger partial charge in [0.05, 0.1) is 6.54 Å². The van der Waals surface area contributed by atoms with Gasteiger partial charge in [-0.05, 0) is 0 Å². The van der Waals surface area contributed by atoms with Crippen LogP contribution in [0, 0.1) is 0 Å². The van der Waals surface area contributed by atoms with Gasteiger partial charge in [-0.25, -0.2) is 4.79 Å². The van der Waals surface area contributed by atoms with Gasteiger partial charge < -0.3 is 10.3 Å². The molecule has 0 radical (unpaired) electrons. The summed E-state index contributed by atoms with van der Waals surface area (Å²) in [6.45, 7) is -1.63. The summed E-state index contributed by atoms with van der Waals surface area (Å²) in [4.78, 5) is 28.3. The Labute approximate surface area is 108 Å². The van der Waals surface area contributed by atoms with Crippen LogP contribution >= 0.6 is 0 Å². The van der Waals surface area contributed by atoms with Crippen molar-refractivity contribution in [3.05, 3.63) is 32.9 Å². The first-order valence-corrected chi connectivity index (χ1v) is 5.23. The summed E-state index contributed by atoms with van der Waals surface area (Å²) >= 11 is 0. The van der Waals surface area contributed by atoms with Gasteiger partial charge in [0.15, 0.2) is 0 Å². The molecular formula is C9H8F3N5O3. The second-order valence-electron chi connectivity index (χ2n) is 3.76. The van der Waals surface area contributed by atoms with Crippen LogP contribution in [0.5, 0.6) is 0 Å². The molecule has 108 valence electrons. The summed E-state index contributed by atoms with van der Waals surface area (Å²) in [5, 5.41) is 3.40. The third-order valence-electron chi connectivity index (χ3n) is 2.24. The highest BCUT2D eigenvalue weighted by Crippen LogP contribution is 2.17. The Morgan fingerprint density at radius 1 is 1.40 bits per heavy atom. The molecule has 0 aliphatic carbocycles. The van der Waals surface area contributed by atoms with E-state index in [-0.39, 0.29) is 23.8 Å². The molecule has 0 saturated heterocycles. The van der Waals surface area contributed by atoms with E-state index in [2.05, 4.69) is 14.7 Å². The lowest BCUT2D eigenvalue weighted by Crippen LogP contribution is -2.34. The fraction of sp³-hybridized carbons (Fsp3) is 0.333. The molecule has 0 fully saturated rings. The highest BCUT2D eigenvalue weighted by atomic mass is 19.4. The maximum atomic E-state index is 12.3. The van der Waals surface area contributed by atoms with Crippen LogP contribution in [-0.2, 0) is 13.1 Å². The summed E-state index contributed by atoms with van der Waals surface area (Å²) < 4.78 is 41.8. The van der Waals surface area contributed by atoms with E-state index < -0.39 is 24.0 Å². The van der Waals surface area contributed by atoms with Crippen molar-refractivity contribution in [3.8, 4) is 11.4 Å². The monoisotopic (exact) mass is 291 g/mol. The third kappa shape index (κ3) is 2.93. The first-order chi connectivity index (χ1) is 9.30. The summed E-state index contributed by atoms with van der Waals surface area (Å²) in [5.41, 5.74) is 2.81. The molecule has 0 unspecified atom stereocenters. The molecule has 11 heteroatoms. The van der Waals surface area contributed by atoms with E-state index >= 15 is 0 Å². The summed E-state index contributed by atoms with van der Waals surface area (Å²) in [7, 11) is 0. The number of aromatic amines is 1. The minimum atomic E-state index is -4.61. The number of hydrogen-bond donors (Lipinski definition) is 2. The Hall–Kier alpha value is -2.43. The molecule has 8 nitrogen and oxygen atoms in total. The van der Waals surface area contributed by atoms with E-state index in [4.69, 9.17) is 5.73 Å². The Morgan fingerprint density at radius 3 is 2.65 bits per heavy atom. The van der Waals surface area contributed by atoms with Gasteiger partial charge in [-0.2, -0.15) is 18.2 Å². The number of nitrogens with zero attached hydrogens (tertiary/aromatic N) is 3. The van der Waals surface area contributed by atoms with Gasteiger partial charge in [0.25, 0.3) is 5.56 Å². The van der Waals surface area contributed by atoms with Crippen LogP contribution in [0.15, 0.2) is 20.3 Å². The molecule has 0 bridgehead atoms. The Bertz CT molecular complexity index is 729. The molecule has 0 aliphatic rings. The van der Waals surface area contributed by atoms with E-state index in [1.54, 1.807) is 4.98 Å². The zero-order valence-corrected chi connectivity index (χ0v) is 9.77. The quantitative estimate of drug-likeness (QED) is 0.794. The lowest BCUT2D eigenvalue weighted by Gasteiger charge is -2.08. The first-order valence-electron chi connectivity index (χ1n) is 5.23. The van der Waals surface area contributed by atoms with E-state index in [1.807, 2.05) is 0 Å². The highest BCUT2D eigenvalue weighted by Gasteiger charge is 2.29. The minimum Gasteiger partial charge on any atom is -0.338 e. The fourth-order valence-electron chi connectivity index (χ4n) is 1.43. The molecule has 0 aliphatic heterocycles. The van der Waals surface area contributed by atoms with Crippen LogP contribution in [0.4, 0.5) is 13.2 Å². The van der Waals surface area contributed by atoms with Gasteiger partial charge in [-0.1, -0.05) is 5.16 Å². The van der Waals surface area contributed by atoms with Gasteiger partial charge in [-0.15, -0.1) is 0 Å². The van der Waals surface area contributed by atoms with Crippen molar-refractivity contribution in [1.82, 2.24) is 19.7 Å². The predicted octanol–water partition coefficient (Wildman–Crippen LogP) is -0.392. The number of rotatable bonds is 3. The maximum absolute atomic E-state index is 12.3. The normalized spacial score (nSPS) is 11.8. The van der Waals surface area contributed by atoms with Gasteiger partial charge in [-0.3, -0.25) is 14.3 Å². The van der Waals surface area contributed by atoms with Crippen molar-refractivity contribution in [1.29, 1.82) is 0 Å². The topological polar surface area (TPSA) is 120 Å². The number of H-pyrrole nitrogens is 1. The zero-order valence-electron chi connectivity index (χ0n) is 9.77. The number of hydrogen-bond acceptors (Lipinski definition) is 6. The SMILES string of the molecule is NCc1nc(-c2cn(CC(F)(F)F)c(=O)[nH]c2=O)no1. The maximum Gasteiger partial charge on any atom is 0.406 e. The molecular weight excluding hydrogens is 283 g/mol. The van der Waals surface area contributed by atoms with Crippen molar-refractivity contribution < 1.29 is 17.7 Å². The Morgan fingerprint density at radius 2 is 2.10 bits per heavy atom. The van der Waals surface area contributed by atoms with Crippen molar-refractivity contribution >= 4 is 0 Å².